The van der Waals surface area contributed by atoms with Crippen molar-refractivity contribution in [1.82, 2.24) is 15.0 Å². The SMILES string of the molecule is Cc1ccc(-c2noc([C@H]3CCCCN3C(=O)c3ccccc3Cl)n2)cc1. The molecule has 1 aliphatic rings. The first-order chi connectivity index (χ1) is 13.1. The van der Waals surface area contributed by atoms with Crippen molar-refractivity contribution in [2.45, 2.75) is 32.2 Å². The Morgan fingerprint density at radius 1 is 1.15 bits per heavy atom. The number of aryl methyl sites for hydroxylation is 1. The van der Waals surface area contributed by atoms with Gasteiger partial charge in [0.2, 0.25) is 11.7 Å². The lowest BCUT2D eigenvalue weighted by molar-refractivity contribution is 0.0561. The van der Waals surface area contributed by atoms with Gasteiger partial charge >= 0.3 is 0 Å². The first-order valence-electron chi connectivity index (χ1n) is 9.09. The lowest BCUT2D eigenvalue weighted by Gasteiger charge is -2.33. The van der Waals surface area contributed by atoms with Crippen LogP contribution in [0.3, 0.4) is 0 Å². The van der Waals surface area contributed by atoms with Crippen LogP contribution in [0.5, 0.6) is 0 Å². The molecule has 0 aliphatic carbocycles. The maximum Gasteiger partial charge on any atom is 0.256 e. The molecule has 2 aromatic carbocycles. The molecule has 0 saturated carbocycles. The van der Waals surface area contributed by atoms with Crippen molar-refractivity contribution in [2.75, 3.05) is 6.54 Å². The number of halogens is 1. The maximum absolute atomic E-state index is 13.1. The highest BCUT2D eigenvalue weighted by Crippen LogP contribution is 2.33. The van der Waals surface area contributed by atoms with E-state index in [-0.39, 0.29) is 11.9 Å². The van der Waals surface area contributed by atoms with Crippen LogP contribution >= 0.6 is 11.6 Å². The van der Waals surface area contributed by atoms with Crippen LogP contribution < -0.4 is 0 Å². The van der Waals surface area contributed by atoms with E-state index in [1.165, 1.54) is 5.56 Å². The van der Waals surface area contributed by atoms with Crippen molar-refractivity contribution < 1.29 is 9.32 Å². The minimum atomic E-state index is -0.228. The molecule has 5 nitrogen and oxygen atoms in total. The topological polar surface area (TPSA) is 59.2 Å². The minimum absolute atomic E-state index is 0.0969. The van der Waals surface area contributed by atoms with Crippen LogP contribution in [0.25, 0.3) is 11.4 Å². The van der Waals surface area contributed by atoms with Crippen molar-refractivity contribution in [3.8, 4) is 11.4 Å². The normalized spacial score (nSPS) is 17.1. The molecular formula is C21H20ClN3O2. The van der Waals surface area contributed by atoms with Crippen LogP contribution in [-0.2, 0) is 0 Å². The van der Waals surface area contributed by atoms with E-state index in [0.29, 0.717) is 28.8 Å². The van der Waals surface area contributed by atoms with Crippen molar-refractivity contribution in [3.63, 3.8) is 0 Å². The molecule has 0 unspecified atom stereocenters. The zero-order valence-electron chi connectivity index (χ0n) is 15.1. The highest BCUT2D eigenvalue weighted by Gasteiger charge is 2.33. The number of benzene rings is 2. The molecule has 1 aliphatic heterocycles. The molecule has 138 valence electrons. The van der Waals surface area contributed by atoms with Crippen LogP contribution in [0.1, 0.15) is 47.1 Å². The fourth-order valence-corrected chi connectivity index (χ4v) is 3.63. The standard InChI is InChI=1S/C21H20ClN3O2/c1-14-9-11-15(12-10-14)19-23-20(27-24-19)18-8-4-5-13-25(18)21(26)16-6-2-3-7-17(16)22/h2-3,6-7,9-12,18H,4-5,8,13H2,1H3/t18-/m1/s1. The second-order valence-electron chi connectivity index (χ2n) is 6.81. The molecular weight excluding hydrogens is 362 g/mol. The fourth-order valence-electron chi connectivity index (χ4n) is 3.41. The van der Waals surface area contributed by atoms with Crippen molar-refractivity contribution in [3.05, 3.63) is 70.6 Å². The summed E-state index contributed by atoms with van der Waals surface area (Å²) in [7, 11) is 0. The Kier molecular flexibility index (Phi) is 4.94. The zero-order chi connectivity index (χ0) is 18.8. The second-order valence-corrected chi connectivity index (χ2v) is 7.22. The first kappa shape index (κ1) is 17.7. The number of carbonyl (C=O) groups excluding carboxylic acids is 1. The van der Waals surface area contributed by atoms with Crippen LogP contribution in [0.15, 0.2) is 53.1 Å². The van der Waals surface area contributed by atoms with Gasteiger partial charge in [0.1, 0.15) is 6.04 Å². The molecule has 27 heavy (non-hydrogen) atoms. The average Bonchev–Trinajstić information content (AvgIpc) is 3.18. The van der Waals surface area contributed by atoms with E-state index in [1.807, 2.05) is 43.3 Å². The Hall–Kier alpha value is -2.66. The van der Waals surface area contributed by atoms with Gasteiger partial charge in [0.15, 0.2) is 0 Å². The largest absolute Gasteiger partial charge is 0.337 e. The van der Waals surface area contributed by atoms with Gasteiger partial charge in [-0.2, -0.15) is 4.98 Å². The number of nitrogens with zero attached hydrogens (tertiary/aromatic N) is 3. The van der Waals surface area contributed by atoms with E-state index in [2.05, 4.69) is 10.1 Å². The molecule has 1 aromatic heterocycles. The van der Waals surface area contributed by atoms with E-state index < -0.39 is 0 Å². The number of hydrogen-bond donors (Lipinski definition) is 0. The monoisotopic (exact) mass is 381 g/mol. The summed E-state index contributed by atoms with van der Waals surface area (Å²) in [6.45, 7) is 2.68. The van der Waals surface area contributed by atoms with Gasteiger partial charge in [0.25, 0.3) is 5.91 Å². The van der Waals surface area contributed by atoms with Crippen molar-refractivity contribution in [1.29, 1.82) is 0 Å². The summed E-state index contributed by atoms with van der Waals surface area (Å²) in [5.74, 6) is 0.923. The average molecular weight is 382 g/mol. The summed E-state index contributed by atoms with van der Waals surface area (Å²) in [6.07, 6.45) is 2.76. The van der Waals surface area contributed by atoms with Crippen LogP contribution in [0.4, 0.5) is 0 Å². The van der Waals surface area contributed by atoms with Gasteiger partial charge in [-0.25, -0.2) is 0 Å². The molecule has 0 radical (unpaired) electrons. The van der Waals surface area contributed by atoms with Crippen molar-refractivity contribution >= 4 is 17.5 Å². The van der Waals surface area contributed by atoms with Crippen molar-refractivity contribution in [2.24, 2.45) is 0 Å². The number of piperidine rings is 1. The van der Waals surface area contributed by atoms with Gasteiger partial charge in [-0.15, -0.1) is 0 Å². The quantitative estimate of drug-likeness (QED) is 0.635. The summed E-state index contributed by atoms with van der Waals surface area (Å²) >= 11 is 6.23. The van der Waals surface area contributed by atoms with E-state index in [0.717, 1.165) is 24.8 Å². The predicted molar refractivity (Wildman–Crippen MR) is 104 cm³/mol. The van der Waals surface area contributed by atoms with E-state index in [1.54, 1.807) is 17.0 Å². The maximum atomic E-state index is 13.1. The third kappa shape index (κ3) is 3.60. The summed E-state index contributed by atoms with van der Waals surface area (Å²) in [5.41, 5.74) is 2.57. The van der Waals surface area contributed by atoms with Crippen LogP contribution in [0.2, 0.25) is 5.02 Å². The van der Waals surface area contributed by atoms with Gasteiger partial charge in [-0.3, -0.25) is 4.79 Å². The fraction of sp³-hybridized carbons (Fsp3) is 0.286. The summed E-state index contributed by atoms with van der Waals surface area (Å²) in [6, 6.07) is 14.9. The second kappa shape index (κ2) is 7.53. The first-order valence-corrected chi connectivity index (χ1v) is 9.47. The number of carbonyl (C=O) groups is 1. The lowest BCUT2D eigenvalue weighted by Crippen LogP contribution is -2.38. The minimum Gasteiger partial charge on any atom is -0.337 e. The summed E-state index contributed by atoms with van der Waals surface area (Å²) < 4.78 is 5.55. The molecule has 1 saturated heterocycles. The lowest BCUT2D eigenvalue weighted by atomic mass is 10.0. The molecule has 0 bridgehead atoms. The third-order valence-corrected chi connectivity index (χ3v) is 5.23. The van der Waals surface area contributed by atoms with Gasteiger partial charge < -0.3 is 9.42 Å². The number of hydrogen-bond acceptors (Lipinski definition) is 4. The molecule has 2 heterocycles. The van der Waals surface area contributed by atoms with Gasteiger partial charge in [0.05, 0.1) is 10.6 Å². The highest BCUT2D eigenvalue weighted by atomic mass is 35.5. The predicted octanol–water partition coefficient (Wildman–Crippen LogP) is 5.07. The molecule has 3 aromatic rings. The number of likely N-dealkylation sites (tertiary alicyclic amines) is 1. The van der Waals surface area contributed by atoms with Crippen LogP contribution in [-0.4, -0.2) is 27.5 Å². The zero-order valence-corrected chi connectivity index (χ0v) is 15.8. The third-order valence-electron chi connectivity index (χ3n) is 4.90. The molecule has 1 fully saturated rings. The Bertz CT molecular complexity index is 952. The summed E-state index contributed by atoms with van der Waals surface area (Å²) in [4.78, 5) is 19.5. The Morgan fingerprint density at radius 3 is 2.70 bits per heavy atom. The van der Waals surface area contributed by atoms with E-state index in [4.69, 9.17) is 16.1 Å². The number of rotatable bonds is 3. The molecule has 4 rings (SSSR count). The smallest absolute Gasteiger partial charge is 0.256 e. The Labute approximate surface area is 163 Å². The van der Waals surface area contributed by atoms with Gasteiger partial charge in [-0.1, -0.05) is 58.7 Å². The van der Waals surface area contributed by atoms with E-state index >= 15 is 0 Å². The molecule has 0 N–H and O–H groups in total. The Morgan fingerprint density at radius 2 is 1.93 bits per heavy atom. The summed E-state index contributed by atoms with van der Waals surface area (Å²) in [5, 5.41) is 4.58. The van der Waals surface area contributed by atoms with Gasteiger partial charge in [0, 0.05) is 12.1 Å². The highest BCUT2D eigenvalue weighted by molar-refractivity contribution is 6.33. The Balaban J connectivity index is 1.62. The molecule has 6 heteroatoms. The molecule has 0 spiro atoms. The number of amides is 1. The van der Waals surface area contributed by atoms with Crippen LogP contribution in [0, 0.1) is 6.92 Å². The molecule has 1 amide bonds. The van der Waals surface area contributed by atoms with E-state index in [9.17, 15) is 4.79 Å². The van der Waals surface area contributed by atoms with Gasteiger partial charge in [-0.05, 0) is 38.3 Å². The molecule has 1 atom stereocenters. The number of aromatic nitrogens is 2.